The number of hydrogen-bond acceptors (Lipinski definition) is 3. The van der Waals surface area contributed by atoms with Gasteiger partial charge in [-0.2, -0.15) is 0 Å². The zero-order valence-electron chi connectivity index (χ0n) is 11.5. The van der Waals surface area contributed by atoms with Gasteiger partial charge in [0.05, 0.1) is 0 Å². The summed E-state index contributed by atoms with van der Waals surface area (Å²) in [5.74, 6) is 0.889. The number of imide groups is 1. The van der Waals surface area contributed by atoms with E-state index in [9.17, 15) is 9.59 Å². The molecule has 2 saturated heterocycles. The zero-order valence-corrected chi connectivity index (χ0v) is 11.5. The van der Waals surface area contributed by atoms with Crippen LogP contribution in [0.15, 0.2) is 0 Å². The highest BCUT2D eigenvalue weighted by Crippen LogP contribution is 2.25. The van der Waals surface area contributed by atoms with E-state index < -0.39 is 5.54 Å². The average molecular weight is 253 g/mol. The highest BCUT2D eigenvalue weighted by Gasteiger charge is 2.52. The van der Waals surface area contributed by atoms with Crippen LogP contribution < -0.4 is 10.6 Å². The van der Waals surface area contributed by atoms with Gasteiger partial charge in [0.15, 0.2) is 0 Å². The summed E-state index contributed by atoms with van der Waals surface area (Å²) in [6.07, 6.45) is 1.73. The molecule has 0 aromatic rings. The number of hydrogen-bond donors (Lipinski definition) is 2. The lowest BCUT2D eigenvalue weighted by atomic mass is 9.96. The van der Waals surface area contributed by atoms with Crippen LogP contribution in [-0.2, 0) is 4.79 Å². The van der Waals surface area contributed by atoms with E-state index >= 15 is 0 Å². The zero-order chi connectivity index (χ0) is 13.3. The Morgan fingerprint density at radius 2 is 2.06 bits per heavy atom. The van der Waals surface area contributed by atoms with Crippen molar-refractivity contribution in [2.75, 3.05) is 19.6 Å². The van der Waals surface area contributed by atoms with E-state index in [1.807, 2.05) is 0 Å². The Bertz CT molecular complexity index is 348. The SMILES string of the molecule is CC(C)CC(C)CN1C(=O)NC2(CCNC2)C1=O. The molecular formula is C13H23N3O2. The summed E-state index contributed by atoms with van der Waals surface area (Å²) in [6, 6.07) is -0.223. The molecule has 18 heavy (non-hydrogen) atoms. The van der Waals surface area contributed by atoms with Crippen molar-refractivity contribution in [3.8, 4) is 0 Å². The van der Waals surface area contributed by atoms with Crippen LogP contribution in [0.2, 0.25) is 0 Å². The van der Waals surface area contributed by atoms with Crippen LogP contribution in [0, 0.1) is 11.8 Å². The number of carbonyl (C=O) groups is 2. The highest BCUT2D eigenvalue weighted by molar-refractivity contribution is 6.07. The third-order valence-electron chi connectivity index (χ3n) is 3.77. The van der Waals surface area contributed by atoms with Crippen LogP contribution in [0.1, 0.15) is 33.6 Å². The van der Waals surface area contributed by atoms with Gasteiger partial charge in [0.1, 0.15) is 5.54 Å². The highest BCUT2D eigenvalue weighted by atomic mass is 16.2. The Morgan fingerprint density at radius 1 is 1.33 bits per heavy atom. The number of urea groups is 1. The van der Waals surface area contributed by atoms with Crippen molar-refractivity contribution >= 4 is 11.9 Å². The summed E-state index contributed by atoms with van der Waals surface area (Å²) in [4.78, 5) is 25.7. The maximum atomic E-state index is 12.4. The molecule has 2 aliphatic rings. The van der Waals surface area contributed by atoms with Gasteiger partial charge in [0.2, 0.25) is 0 Å². The maximum Gasteiger partial charge on any atom is 0.325 e. The standard InChI is InChI=1S/C13H23N3O2/c1-9(2)6-10(3)7-16-11(17)13(15-12(16)18)4-5-14-8-13/h9-10,14H,4-8H2,1-3H3,(H,15,18). The van der Waals surface area contributed by atoms with Crippen molar-refractivity contribution in [2.45, 2.75) is 39.2 Å². The third-order valence-corrected chi connectivity index (χ3v) is 3.77. The van der Waals surface area contributed by atoms with Gasteiger partial charge in [-0.3, -0.25) is 9.69 Å². The average Bonchev–Trinajstić information content (AvgIpc) is 2.80. The van der Waals surface area contributed by atoms with Crippen molar-refractivity contribution < 1.29 is 9.59 Å². The fourth-order valence-electron chi connectivity index (χ4n) is 3.01. The van der Waals surface area contributed by atoms with E-state index in [0.717, 1.165) is 13.0 Å². The summed E-state index contributed by atoms with van der Waals surface area (Å²) in [6.45, 7) is 8.30. The number of carbonyl (C=O) groups excluding carboxylic acids is 2. The lowest BCUT2D eigenvalue weighted by Crippen LogP contribution is -2.48. The van der Waals surface area contributed by atoms with Crippen LogP contribution in [0.4, 0.5) is 4.79 Å². The summed E-state index contributed by atoms with van der Waals surface area (Å²) < 4.78 is 0. The van der Waals surface area contributed by atoms with Crippen molar-refractivity contribution in [1.82, 2.24) is 15.5 Å². The van der Waals surface area contributed by atoms with Gasteiger partial charge in [0.25, 0.3) is 5.91 Å². The largest absolute Gasteiger partial charge is 0.325 e. The first-order chi connectivity index (χ1) is 8.44. The minimum absolute atomic E-state index is 0.0480. The van der Waals surface area contributed by atoms with E-state index in [4.69, 9.17) is 0 Å². The summed E-state index contributed by atoms with van der Waals surface area (Å²) in [5, 5.41) is 6.01. The molecular weight excluding hydrogens is 230 g/mol. The molecule has 2 heterocycles. The predicted molar refractivity (Wildman–Crippen MR) is 69.1 cm³/mol. The van der Waals surface area contributed by atoms with Crippen LogP contribution >= 0.6 is 0 Å². The van der Waals surface area contributed by atoms with Gasteiger partial charge < -0.3 is 10.6 Å². The topological polar surface area (TPSA) is 61.4 Å². The first-order valence-corrected chi connectivity index (χ1v) is 6.79. The third kappa shape index (κ3) is 2.36. The Morgan fingerprint density at radius 3 is 2.61 bits per heavy atom. The van der Waals surface area contributed by atoms with Gasteiger partial charge in [-0.1, -0.05) is 20.8 Å². The molecule has 2 aliphatic heterocycles. The van der Waals surface area contributed by atoms with E-state index in [1.165, 1.54) is 4.90 Å². The summed E-state index contributed by atoms with van der Waals surface area (Å²) >= 11 is 0. The molecule has 0 aromatic carbocycles. The molecule has 5 heteroatoms. The molecule has 2 atom stereocenters. The molecule has 3 amide bonds. The van der Waals surface area contributed by atoms with E-state index in [0.29, 0.717) is 31.3 Å². The molecule has 0 bridgehead atoms. The molecule has 2 fully saturated rings. The fraction of sp³-hybridized carbons (Fsp3) is 0.846. The molecule has 2 unspecified atom stereocenters. The maximum absolute atomic E-state index is 12.4. The molecule has 0 aromatic heterocycles. The second kappa shape index (κ2) is 4.88. The van der Waals surface area contributed by atoms with Crippen molar-refractivity contribution in [3.05, 3.63) is 0 Å². The van der Waals surface area contributed by atoms with Crippen LogP contribution in [-0.4, -0.2) is 42.0 Å². The Labute approximate surface area is 108 Å². The molecule has 0 radical (unpaired) electrons. The number of nitrogens with one attached hydrogen (secondary N) is 2. The Kier molecular flexibility index (Phi) is 3.61. The lowest BCUT2D eigenvalue weighted by Gasteiger charge is -2.22. The van der Waals surface area contributed by atoms with Gasteiger partial charge >= 0.3 is 6.03 Å². The van der Waals surface area contributed by atoms with Crippen molar-refractivity contribution in [1.29, 1.82) is 0 Å². The molecule has 2 N–H and O–H groups in total. The summed E-state index contributed by atoms with van der Waals surface area (Å²) in [7, 11) is 0. The van der Waals surface area contributed by atoms with Gasteiger partial charge in [-0.25, -0.2) is 4.79 Å². The second-order valence-electron chi connectivity index (χ2n) is 6.09. The second-order valence-corrected chi connectivity index (χ2v) is 6.09. The molecule has 5 nitrogen and oxygen atoms in total. The van der Waals surface area contributed by atoms with Gasteiger partial charge in [0, 0.05) is 13.1 Å². The number of nitrogens with zero attached hydrogens (tertiary/aromatic N) is 1. The molecule has 0 aliphatic carbocycles. The predicted octanol–water partition coefficient (Wildman–Crippen LogP) is 0.953. The van der Waals surface area contributed by atoms with Crippen LogP contribution in [0.25, 0.3) is 0 Å². The minimum Gasteiger partial charge on any atom is -0.322 e. The molecule has 2 rings (SSSR count). The first-order valence-electron chi connectivity index (χ1n) is 6.79. The molecule has 1 spiro atoms. The Balaban J connectivity index is 2.01. The molecule has 0 saturated carbocycles. The normalized spacial score (nSPS) is 29.4. The quantitative estimate of drug-likeness (QED) is 0.733. The minimum atomic E-state index is -0.658. The summed E-state index contributed by atoms with van der Waals surface area (Å²) in [5.41, 5.74) is -0.658. The smallest absolute Gasteiger partial charge is 0.322 e. The van der Waals surface area contributed by atoms with Crippen LogP contribution in [0.3, 0.4) is 0 Å². The monoisotopic (exact) mass is 253 g/mol. The van der Waals surface area contributed by atoms with Gasteiger partial charge in [-0.05, 0) is 31.2 Å². The van der Waals surface area contributed by atoms with Gasteiger partial charge in [-0.15, -0.1) is 0 Å². The van der Waals surface area contributed by atoms with E-state index in [2.05, 4.69) is 31.4 Å². The lowest BCUT2D eigenvalue weighted by molar-refractivity contribution is -0.131. The van der Waals surface area contributed by atoms with Crippen molar-refractivity contribution in [2.24, 2.45) is 11.8 Å². The number of rotatable bonds is 4. The molecule has 102 valence electrons. The Hall–Kier alpha value is -1.10. The van der Waals surface area contributed by atoms with E-state index in [1.54, 1.807) is 0 Å². The fourth-order valence-corrected chi connectivity index (χ4v) is 3.01. The first kappa shape index (κ1) is 13.3. The van der Waals surface area contributed by atoms with Crippen molar-refractivity contribution in [3.63, 3.8) is 0 Å². The van der Waals surface area contributed by atoms with E-state index in [-0.39, 0.29) is 11.9 Å². The van der Waals surface area contributed by atoms with Crippen LogP contribution in [0.5, 0.6) is 0 Å². The number of amides is 3.